The molecule has 0 bridgehead atoms. The number of amides is 3. The second-order valence-corrected chi connectivity index (χ2v) is 6.40. The van der Waals surface area contributed by atoms with E-state index < -0.39 is 35.8 Å². The molecule has 1 saturated heterocycles. The lowest BCUT2D eigenvalue weighted by Crippen LogP contribution is -2.48. The van der Waals surface area contributed by atoms with Crippen LogP contribution in [0.3, 0.4) is 0 Å². The lowest BCUT2D eigenvalue weighted by molar-refractivity contribution is -0.199. The number of imide groups is 1. The van der Waals surface area contributed by atoms with Gasteiger partial charge in [0, 0.05) is 18.8 Å². The van der Waals surface area contributed by atoms with E-state index in [-0.39, 0.29) is 12.8 Å². The van der Waals surface area contributed by atoms with Gasteiger partial charge in [-0.15, -0.1) is 5.06 Å². The Balaban J connectivity index is 1.99. The predicted molar refractivity (Wildman–Crippen MR) is 101 cm³/mol. The highest BCUT2D eigenvalue weighted by atomic mass is 16.7. The summed E-state index contributed by atoms with van der Waals surface area (Å²) >= 11 is 0. The van der Waals surface area contributed by atoms with E-state index >= 15 is 0 Å². The molecule has 0 spiro atoms. The average Bonchev–Trinajstić information content (AvgIpc) is 3.06. The van der Waals surface area contributed by atoms with Gasteiger partial charge in [-0.1, -0.05) is 60.7 Å². The third kappa shape index (κ3) is 4.60. The smallest absolute Gasteiger partial charge is 0.407 e. The van der Waals surface area contributed by atoms with Crippen LogP contribution in [0.1, 0.15) is 29.9 Å². The molecule has 0 saturated carbocycles. The van der Waals surface area contributed by atoms with Crippen molar-refractivity contribution < 1.29 is 28.8 Å². The van der Waals surface area contributed by atoms with Gasteiger partial charge in [-0.3, -0.25) is 9.59 Å². The summed E-state index contributed by atoms with van der Waals surface area (Å²) in [6, 6.07) is 16.9. The van der Waals surface area contributed by atoms with Crippen LogP contribution in [0, 0.1) is 0 Å². The topological polar surface area (TPSA) is 102 Å². The fourth-order valence-electron chi connectivity index (χ4n) is 3.17. The number of carbonyl (C=O) groups is 4. The summed E-state index contributed by atoms with van der Waals surface area (Å²) in [4.78, 5) is 53.7. The first-order valence-corrected chi connectivity index (χ1v) is 9.03. The van der Waals surface area contributed by atoms with E-state index in [2.05, 4.69) is 10.1 Å². The number of hydroxylamine groups is 2. The summed E-state index contributed by atoms with van der Waals surface area (Å²) in [7, 11) is 1.17. The van der Waals surface area contributed by atoms with Crippen LogP contribution in [0.15, 0.2) is 60.7 Å². The first-order valence-electron chi connectivity index (χ1n) is 9.03. The van der Waals surface area contributed by atoms with Crippen LogP contribution in [-0.4, -0.2) is 42.1 Å². The molecule has 8 heteroatoms. The highest BCUT2D eigenvalue weighted by Crippen LogP contribution is 2.29. The molecule has 0 radical (unpaired) electrons. The van der Waals surface area contributed by atoms with Crippen LogP contribution in [0.4, 0.5) is 4.79 Å². The molecule has 29 heavy (non-hydrogen) atoms. The Morgan fingerprint density at radius 3 is 1.83 bits per heavy atom. The standard InChI is InChI=1S/C21H20N2O6/c1-28-21(27)22-19(20(26)29-23-16(24)12-13-17(23)25)18(14-8-4-2-5-9-14)15-10-6-3-7-11-15/h2-11,18-19H,12-13H2,1H3,(H,22,27). The molecule has 2 aromatic carbocycles. The largest absolute Gasteiger partial charge is 0.453 e. The Morgan fingerprint density at radius 2 is 1.38 bits per heavy atom. The molecule has 8 nitrogen and oxygen atoms in total. The Labute approximate surface area is 167 Å². The minimum Gasteiger partial charge on any atom is -0.453 e. The molecule has 0 aromatic heterocycles. The number of methoxy groups -OCH3 is 1. The third-order valence-corrected chi connectivity index (χ3v) is 4.55. The molecule has 1 heterocycles. The fraction of sp³-hybridized carbons (Fsp3) is 0.238. The summed E-state index contributed by atoms with van der Waals surface area (Å²) in [6.07, 6.45) is -0.896. The van der Waals surface area contributed by atoms with Crippen LogP contribution in [-0.2, 0) is 24.0 Å². The van der Waals surface area contributed by atoms with Crippen LogP contribution in [0.5, 0.6) is 0 Å². The van der Waals surface area contributed by atoms with E-state index in [1.807, 2.05) is 36.4 Å². The van der Waals surface area contributed by atoms with Gasteiger partial charge in [0.15, 0.2) is 0 Å². The first kappa shape index (κ1) is 20.1. The zero-order valence-electron chi connectivity index (χ0n) is 15.7. The van der Waals surface area contributed by atoms with Gasteiger partial charge in [-0.05, 0) is 11.1 Å². The molecule has 1 fully saturated rings. The molecule has 0 aliphatic carbocycles. The van der Waals surface area contributed by atoms with Gasteiger partial charge in [-0.2, -0.15) is 0 Å². The maximum Gasteiger partial charge on any atom is 0.407 e. The minimum atomic E-state index is -1.24. The van der Waals surface area contributed by atoms with Crippen molar-refractivity contribution in [3.63, 3.8) is 0 Å². The Hall–Kier alpha value is -3.68. The molecular formula is C21H20N2O6. The fourth-order valence-corrected chi connectivity index (χ4v) is 3.17. The molecule has 2 aromatic rings. The van der Waals surface area contributed by atoms with Gasteiger partial charge in [0.1, 0.15) is 6.04 Å². The van der Waals surface area contributed by atoms with E-state index in [4.69, 9.17) is 4.84 Å². The van der Waals surface area contributed by atoms with E-state index in [1.165, 1.54) is 7.11 Å². The van der Waals surface area contributed by atoms with Crippen molar-refractivity contribution in [1.82, 2.24) is 10.4 Å². The van der Waals surface area contributed by atoms with Crippen molar-refractivity contribution >= 4 is 23.9 Å². The van der Waals surface area contributed by atoms with Gasteiger partial charge in [0.25, 0.3) is 11.8 Å². The number of nitrogens with one attached hydrogen (secondary N) is 1. The maximum absolute atomic E-state index is 13.0. The quantitative estimate of drug-likeness (QED) is 0.751. The zero-order valence-corrected chi connectivity index (χ0v) is 15.7. The maximum atomic E-state index is 13.0. The van der Waals surface area contributed by atoms with Crippen molar-refractivity contribution in [2.45, 2.75) is 24.8 Å². The number of alkyl carbamates (subject to hydrolysis) is 1. The lowest BCUT2D eigenvalue weighted by Gasteiger charge is -2.27. The Kier molecular flexibility index (Phi) is 6.23. The SMILES string of the molecule is COC(=O)NC(C(=O)ON1C(=O)CCC1=O)C(c1ccccc1)c1ccccc1. The molecule has 1 aliphatic heterocycles. The molecule has 1 atom stereocenters. The molecule has 1 N–H and O–H groups in total. The van der Waals surface area contributed by atoms with Crippen molar-refractivity contribution in [2.24, 2.45) is 0 Å². The van der Waals surface area contributed by atoms with Crippen molar-refractivity contribution in [3.05, 3.63) is 71.8 Å². The van der Waals surface area contributed by atoms with Gasteiger partial charge in [0.05, 0.1) is 7.11 Å². The number of carbonyl (C=O) groups excluding carboxylic acids is 4. The number of hydrogen-bond acceptors (Lipinski definition) is 6. The summed E-state index contributed by atoms with van der Waals surface area (Å²) in [5.74, 6) is -2.79. The van der Waals surface area contributed by atoms with E-state index in [0.29, 0.717) is 5.06 Å². The van der Waals surface area contributed by atoms with Crippen molar-refractivity contribution in [3.8, 4) is 0 Å². The second-order valence-electron chi connectivity index (χ2n) is 6.40. The van der Waals surface area contributed by atoms with Crippen LogP contribution >= 0.6 is 0 Å². The highest BCUT2D eigenvalue weighted by Gasteiger charge is 2.39. The Bertz CT molecular complexity index is 844. The predicted octanol–water partition coefficient (Wildman–Crippen LogP) is 2.15. The van der Waals surface area contributed by atoms with Crippen molar-refractivity contribution in [2.75, 3.05) is 7.11 Å². The highest BCUT2D eigenvalue weighted by molar-refractivity contribution is 6.02. The number of rotatable bonds is 6. The number of hydrogen-bond donors (Lipinski definition) is 1. The van der Waals surface area contributed by atoms with E-state index in [1.54, 1.807) is 24.3 Å². The number of ether oxygens (including phenoxy) is 1. The monoisotopic (exact) mass is 396 g/mol. The van der Waals surface area contributed by atoms with Gasteiger partial charge < -0.3 is 14.9 Å². The summed E-state index contributed by atoms with van der Waals surface area (Å²) in [5, 5.41) is 2.94. The van der Waals surface area contributed by atoms with Gasteiger partial charge >= 0.3 is 12.1 Å². The first-order chi connectivity index (χ1) is 14.0. The summed E-state index contributed by atoms with van der Waals surface area (Å²) in [6.45, 7) is 0. The number of benzene rings is 2. The zero-order chi connectivity index (χ0) is 20.8. The van der Waals surface area contributed by atoms with E-state index in [0.717, 1.165) is 11.1 Å². The summed E-state index contributed by atoms with van der Waals surface area (Å²) < 4.78 is 4.66. The normalized spacial score (nSPS) is 14.6. The molecule has 3 amide bonds. The van der Waals surface area contributed by atoms with Crippen LogP contribution in [0.25, 0.3) is 0 Å². The molecular weight excluding hydrogens is 376 g/mol. The van der Waals surface area contributed by atoms with E-state index in [9.17, 15) is 19.2 Å². The minimum absolute atomic E-state index is 0.0258. The average molecular weight is 396 g/mol. The number of nitrogens with zero attached hydrogens (tertiary/aromatic N) is 1. The molecule has 150 valence electrons. The second kappa shape index (κ2) is 9.01. The third-order valence-electron chi connectivity index (χ3n) is 4.55. The molecule has 1 aliphatic rings. The van der Waals surface area contributed by atoms with Crippen LogP contribution in [0.2, 0.25) is 0 Å². The summed E-state index contributed by atoms with van der Waals surface area (Å²) in [5.41, 5.74) is 1.47. The van der Waals surface area contributed by atoms with Crippen molar-refractivity contribution in [1.29, 1.82) is 0 Å². The molecule has 3 rings (SSSR count). The lowest BCUT2D eigenvalue weighted by atomic mass is 9.85. The molecule has 1 unspecified atom stereocenters. The Morgan fingerprint density at radius 1 is 0.897 bits per heavy atom. The van der Waals surface area contributed by atoms with Gasteiger partial charge in [-0.25, -0.2) is 9.59 Å². The van der Waals surface area contributed by atoms with Gasteiger partial charge in [0.2, 0.25) is 0 Å². The van der Waals surface area contributed by atoms with Crippen LogP contribution < -0.4 is 5.32 Å².